The second-order valence-corrected chi connectivity index (χ2v) is 9.68. The van der Waals surface area contributed by atoms with Gasteiger partial charge in [-0.15, -0.1) is 0 Å². The molecule has 1 aliphatic rings. The van der Waals surface area contributed by atoms with Crippen LogP contribution >= 0.6 is 0 Å². The molecule has 1 aliphatic heterocycles. The van der Waals surface area contributed by atoms with Crippen molar-refractivity contribution in [3.05, 3.63) is 90.6 Å². The second kappa shape index (κ2) is 8.94. The number of hydrogen-bond acceptors (Lipinski definition) is 4. The minimum absolute atomic E-state index is 0.237. The lowest BCUT2D eigenvalue weighted by atomic mass is 10.0. The Morgan fingerprint density at radius 3 is 2.59 bits per heavy atom. The van der Waals surface area contributed by atoms with Crippen molar-refractivity contribution in [2.24, 2.45) is 0 Å². The fourth-order valence-corrected chi connectivity index (χ4v) is 5.39. The van der Waals surface area contributed by atoms with E-state index in [1.165, 1.54) is 24.5 Å². The molecule has 0 aliphatic carbocycles. The summed E-state index contributed by atoms with van der Waals surface area (Å²) in [5.74, 6) is -0.237. The summed E-state index contributed by atoms with van der Waals surface area (Å²) in [7, 11) is 0. The number of hydrogen-bond donors (Lipinski definition) is 2. The van der Waals surface area contributed by atoms with Crippen molar-refractivity contribution >= 4 is 21.8 Å². The van der Waals surface area contributed by atoms with Crippen LogP contribution in [-0.2, 0) is 6.54 Å². The average molecular weight is 489 g/mol. The number of pyridine rings is 2. The van der Waals surface area contributed by atoms with Crippen molar-refractivity contribution in [3.63, 3.8) is 0 Å². The van der Waals surface area contributed by atoms with Crippen molar-refractivity contribution in [2.75, 3.05) is 13.1 Å². The molecule has 2 N–H and O–H groups in total. The Bertz CT molecular complexity index is 1740. The molecule has 0 bridgehead atoms. The smallest absolute Gasteiger partial charge is 0.131 e. The molecule has 2 aromatic carbocycles. The summed E-state index contributed by atoms with van der Waals surface area (Å²) in [5.41, 5.74) is 7.93. The highest BCUT2D eigenvalue weighted by Crippen LogP contribution is 2.35. The third-order valence-electron chi connectivity index (χ3n) is 7.23. The molecule has 4 aromatic heterocycles. The predicted molar refractivity (Wildman–Crippen MR) is 144 cm³/mol. The first-order chi connectivity index (χ1) is 18.2. The summed E-state index contributed by atoms with van der Waals surface area (Å²) in [6.45, 7) is 3.21. The number of aromatic amines is 2. The topological polar surface area (TPSA) is 73.5 Å². The molecule has 1 fully saturated rings. The molecule has 5 heterocycles. The Morgan fingerprint density at radius 1 is 0.838 bits per heavy atom. The van der Waals surface area contributed by atoms with Gasteiger partial charge in [-0.25, -0.2) is 4.39 Å². The normalized spacial score (nSPS) is 14.2. The van der Waals surface area contributed by atoms with Gasteiger partial charge in [0.1, 0.15) is 11.5 Å². The first-order valence-electron chi connectivity index (χ1n) is 12.6. The number of fused-ring (bicyclic) bond motifs is 2. The predicted octanol–water partition coefficient (Wildman–Crippen LogP) is 6.57. The lowest BCUT2D eigenvalue weighted by Crippen LogP contribution is -2.18. The van der Waals surface area contributed by atoms with Gasteiger partial charge >= 0.3 is 0 Å². The average Bonchev–Trinajstić information content (AvgIpc) is 3.68. The molecule has 6 nitrogen and oxygen atoms in total. The van der Waals surface area contributed by atoms with Crippen LogP contribution in [0.4, 0.5) is 4.39 Å². The maximum atomic E-state index is 14.6. The first kappa shape index (κ1) is 21.9. The van der Waals surface area contributed by atoms with Gasteiger partial charge < -0.3 is 4.98 Å². The highest BCUT2D eigenvalue weighted by Gasteiger charge is 2.17. The van der Waals surface area contributed by atoms with Gasteiger partial charge in [0, 0.05) is 46.4 Å². The van der Waals surface area contributed by atoms with Gasteiger partial charge in [-0.1, -0.05) is 30.3 Å². The van der Waals surface area contributed by atoms with Crippen molar-refractivity contribution in [2.45, 2.75) is 19.4 Å². The van der Waals surface area contributed by atoms with Crippen LogP contribution in [0.2, 0.25) is 0 Å². The van der Waals surface area contributed by atoms with Crippen molar-refractivity contribution in [1.82, 2.24) is 30.0 Å². The Kier molecular flexibility index (Phi) is 5.29. The molecule has 0 unspecified atom stereocenters. The number of nitrogens with one attached hydrogen (secondary N) is 2. The largest absolute Gasteiger partial charge is 0.353 e. The van der Waals surface area contributed by atoms with Crippen LogP contribution in [0, 0.1) is 5.82 Å². The minimum atomic E-state index is -0.237. The van der Waals surface area contributed by atoms with E-state index in [1.807, 2.05) is 55.0 Å². The van der Waals surface area contributed by atoms with Gasteiger partial charge in [0.15, 0.2) is 0 Å². The summed E-state index contributed by atoms with van der Waals surface area (Å²) in [4.78, 5) is 15.1. The summed E-state index contributed by atoms with van der Waals surface area (Å²) >= 11 is 0. The van der Waals surface area contributed by atoms with Gasteiger partial charge in [0.25, 0.3) is 0 Å². The molecule has 0 atom stereocenters. The van der Waals surface area contributed by atoms with Gasteiger partial charge in [0.05, 0.1) is 23.1 Å². The van der Waals surface area contributed by atoms with Crippen LogP contribution in [0.3, 0.4) is 0 Å². The van der Waals surface area contributed by atoms with E-state index in [0.29, 0.717) is 5.56 Å². The molecule has 7 rings (SSSR count). The minimum Gasteiger partial charge on any atom is -0.353 e. The highest BCUT2D eigenvalue weighted by molar-refractivity contribution is 6.01. The van der Waals surface area contributed by atoms with E-state index in [0.717, 1.165) is 69.6 Å². The summed E-state index contributed by atoms with van der Waals surface area (Å²) in [6, 6.07) is 19.1. The Morgan fingerprint density at radius 2 is 1.70 bits per heavy atom. The fourth-order valence-electron chi connectivity index (χ4n) is 5.39. The monoisotopic (exact) mass is 488 g/mol. The molecular formula is C30H25FN6. The zero-order chi connectivity index (χ0) is 24.8. The molecule has 182 valence electrons. The van der Waals surface area contributed by atoms with E-state index in [4.69, 9.17) is 0 Å². The van der Waals surface area contributed by atoms with Crippen LogP contribution in [0.25, 0.3) is 55.6 Å². The third-order valence-corrected chi connectivity index (χ3v) is 7.23. The second-order valence-electron chi connectivity index (χ2n) is 9.68. The summed E-state index contributed by atoms with van der Waals surface area (Å²) in [6.07, 6.45) is 8.17. The van der Waals surface area contributed by atoms with Crippen LogP contribution in [0.15, 0.2) is 79.3 Å². The lowest BCUT2D eigenvalue weighted by Gasteiger charge is -2.14. The zero-order valence-electron chi connectivity index (χ0n) is 20.2. The molecule has 0 saturated carbocycles. The van der Waals surface area contributed by atoms with Crippen molar-refractivity contribution in [3.8, 4) is 33.8 Å². The van der Waals surface area contributed by atoms with Gasteiger partial charge in [-0.3, -0.25) is 20.0 Å². The molecule has 7 heteroatoms. The van der Waals surface area contributed by atoms with Crippen LogP contribution < -0.4 is 0 Å². The van der Waals surface area contributed by atoms with Gasteiger partial charge in [-0.2, -0.15) is 5.10 Å². The number of nitrogens with zero attached hydrogens (tertiary/aromatic N) is 4. The lowest BCUT2D eigenvalue weighted by molar-refractivity contribution is 0.331. The number of likely N-dealkylation sites (tertiary alicyclic amines) is 1. The van der Waals surface area contributed by atoms with Crippen LogP contribution in [0.5, 0.6) is 0 Å². The Balaban J connectivity index is 1.29. The number of rotatable bonds is 5. The Labute approximate surface area is 213 Å². The fraction of sp³-hybridized carbons (Fsp3) is 0.167. The molecule has 0 spiro atoms. The van der Waals surface area contributed by atoms with E-state index < -0.39 is 0 Å². The van der Waals surface area contributed by atoms with Gasteiger partial charge in [0.2, 0.25) is 0 Å². The number of benzene rings is 2. The molecule has 0 radical (unpaired) electrons. The first-order valence-corrected chi connectivity index (χ1v) is 12.6. The summed E-state index contributed by atoms with van der Waals surface area (Å²) < 4.78 is 14.6. The molecule has 0 amide bonds. The van der Waals surface area contributed by atoms with Crippen LogP contribution in [0.1, 0.15) is 18.4 Å². The van der Waals surface area contributed by atoms with E-state index in [2.05, 4.69) is 42.2 Å². The number of aromatic nitrogens is 5. The molecule has 1 saturated heterocycles. The van der Waals surface area contributed by atoms with Gasteiger partial charge in [-0.05, 0) is 67.4 Å². The molecule has 37 heavy (non-hydrogen) atoms. The SMILES string of the molecule is Fc1ccccc1-c1cccc2[nH]c(-c3n[nH]c4cnc(-c5cncc(CN6CCCC6)c5)cc34)cc12. The van der Waals surface area contributed by atoms with E-state index >= 15 is 0 Å². The third kappa shape index (κ3) is 3.97. The standard InChI is InChI=1S/C30H25FN6/c31-25-8-2-1-6-22(25)21-7-5-9-26-23(21)13-28(34-26)30-24-14-27(33-17-29(24)35-36-30)20-12-19(15-32-16-20)18-37-10-3-4-11-37/h1-2,5-9,12-17,34H,3-4,10-11,18H2,(H,35,36). The van der Waals surface area contributed by atoms with E-state index in [-0.39, 0.29) is 5.82 Å². The molecule has 6 aromatic rings. The summed E-state index contributed by atoms with van der Waals surface area (Å²) in [5, 5.41) is 9.64. The van der Waals surface area contributed by atoms with Crippen LogP contribution in [-0.4, -0.2) is 43.1 Å². The van der Waals surface area contributed by atoms with Crippen molar-refractivity contribution in [1.29, 1.82) is 0 Å². The molecular weight excluding hydrogens is 463 g/mol. The number of H-pyrrole nitrogens is 2. The van der Waals surface area contributed by atoms with E-state index in [9.17, 15) is 4.39 Å². The zero-order valence-corrected chi connectivity index (χ0v) is 20.2. The van der Waals surface area contributed by atoms with E-state index in [1.54, 1.807) is 6.07 Å². The maximum absolute atomic E-state index is 14.6. The number of halogens is 1. The highest BCUT2D eigenvalue weighted by atomic mass is 19.1. The van der Waals surface area contributed by atoms with Crippen molar-refractivity contribution < 1.29 is 4.39 Å². The maximum Gasteiger partial charge on any atom is 0.131 e. The Hall–Kier alpha value is -4.36. The quantitative estimate of drug-likeness (QED) is 0.288.